The van der Waals surface area contributed by atoms with Crippen molar-refractivity contribution in [2.45, 2.75) is 33.1 Å². The monoisotopic (exact) mass is 331 g/mol. The largest absolute Gasteiger partial charge is 0.466 e. The number of carbonyl (C=O) groups is 1. The highest BCUT2D eigenvalue weighted by molar-refractivity contribution is 7.17. The molecule has 0 aliphatic carbocycles. The molecular formula is C17H21N3O2S. The second-order valence-corrected chi connectivity index (χ2v) is 6.84. The highest BCUT2D eigenvalue weighted by Gasteiger charge is 2.13. The molecule has 5 nitrogen and oxygen atoms in total. The average molecular weight is 331 g/mol. The van der Waals surface area contributed by atoms with Gasteiger partial charge < -0.3 is 9.32 Å². The van der Waals surface area contributed by atoms with Crippen LogP contribution in [0.4, 0.5) is 5.00 Å². The van der Waals surface area contributed by atoms with Crippen molar-refractivity contribution < 1.29 is 9.21 Å². The van der Waals surface area contributed by atoms with Gasteiger partial charge in [0.2, 0.25) is 0 Å². The van der Waals surface area contributed by atoms with Crippen LogP contribution in [0.3, 0.4) is 0 Å². The van der Waals surface area contributed by atoms with Crippen LogP contribution in [0.15, 0.2) is 27.7 Å². The van der Waals surface area contributed by atoms with E-state index in [0.29, 0.717) is 11.3 Å². The third-order valence-corrected chi connectivity index (χ3v) is 5.00. The summed E-state index contributed by atoms with van der Waals surface area (Å²) in [4.78, 5) is 15.5. The van der Waals surface area contributed by atoms with Crippen molar-refractivity contribution in [1.82, 2.24) is 5.43 Å². The first-order valence-corrected chi connectivity index (χ1v) is 8.70. The van der Waals surface area contributed by atoms with E-state index in [4.69, 9.17) is 4.42 Å². The van der Waals surface area contributed by atoms with Crippen molar-refractivity contribution in [2.75, 3.05) is 18.0 Å². The average Bonchev–Trinajstić information content (AvgIpc) is 3.14. The van der Waals surface area contributed by atoms with Gasteiger partial charge in [0.05, 0.1) is 16.8 Å². The number of rotatable bonds is 4. The van der Waals surface area contributed by atoms with Gasteiger partial charge in [0.1, 0.15) is 11.5 Å². The smallest absolute Gasteiger partial charge is 0.274 e. The standard InChI is InChI=1S/C17H21N3O2S/c1-12-10-15(13(2)22-12)17(21)19-18-11-14-6-7-16(23-14)20-8-4-3-5-9-20/h6-7,10-11H,3-5,8-9H2,1-2H3,(H,19,21)/b18-11+. The minimum Gasteiger partial charge on any atom is -0.466 e. The van der Waals surface area contributed by atoms with Crippen LogP contribution < -0.4 is 10.3 Å². The maximum Gasteiger partial charge on any atom is 0.274 e. The molecule has 0 saturated carbocycles. The normalized spacial score (nSPS) is 15.3. The van der Waals surface area contributed by atoms with Crippen LogP contribution in [-0.4, -0.2) is 25.2 Å². The number of furan rings is 1. The third kappa shape index (κ3) is 3.82. The first-order chi connectivity index (χ1) is 11.1. The van der Waals surface area contributed by atoms with Gasteiger partial charge in [-0.15, -0.1) is 11.3 Å². The van der Waals surface area contributed by atoms with Crippen molar-refractivity contribution in [3.05, 3.63) is 40.2 Å². The van der Waals surface area contributed by atoms with Crippen LogP contribution in [0.25, 0.3) is 0 Å². The molecule has 0 spiro atoms. The Morgan fingerprint density at radius 3 is 2.78 bits per heavy atom. The van der Waals surface area contributed by atoms with Crippen molar-refractivity contribution in [3.8, 4) is 0 Å². The lowest BCUT2D eigenvalue weighted by Gasteiger charge is -2.27. The van der Waals surface area contributed by atoms with Gasteiger partial charge in [-0.25, -0.2) is 5.43 Å². The fraction of sp³-hybridized carbons (Fsp3) is 0.412. The molecule has 1 aliphatic heterocycles. The topological polar surface area (TPSA) is 57.8 Å². The SMILES string of the molecule is Cc1cc(C(=O)N/N=C/c2ccc(N3CCCCC3)s2)c(C)o1. The number of amides is 1. The van der Waals surface area contributed by atoms with E-state index >= 15 is 0 Å². The van der Waals surface area contributed by atoms with Gasteiger partial charge in [-0.05, 0) is 51.3 Å². The molecule has 1 amide bonds. The van der Waals surface area contributed by atoms with E-state index in [1.165, 1.54) is 24.3 Å². The summed E-state index contributed by atoms with van der Waals surface area (Å²) in [6, 6.07) is 5.89. The van der Waals surface area contributed by atoms with Gasteiger partial charge >= 0.3 is 0 Å². The molecule has 2 aromatic heterocycles. The molecule has 3 rings (SSSR count). The predicted octanol–water partition coefficient (Wildman–Crippen LogP) is 3.71. The molecule has 0 radical (unpaired) electrons. The van der Waals surface area contributed by atoms with E-state index < -0.39 is 0 Å². The number of piperidine rings is 1. The molecule has 3 heterocycles. The summed E-state index contributed by atoms with van der Waals surface area (Å²) in [5.74, 6) is 1.09. The Morgan fingerprint density at radius 2 is 2.09 bits per heavy atom. The number of hydrazone groups is 1. The van der Waals surface area contributed by atoms with Crippen LogP contribution in [0.2, 0.25) is 0 Å². The highest BCUT2D eigenvalue weighted by atomic mass is 32.1. The van der Waals surface area contributed by atoms with Gasteiger partial charge in [0, 0.05) is 18.0 Å². The van der Waals surface area contributed by atoms with Gasteiger partial charge in [0.25, 0.3) is 5.91 Å². The number of aryl methyl sites for hydroxylation is 2. The minimum absolute atomic E-state index is 0.247. The third-order valence-electron chi connectivity index (χ3n) is 3.92. The van der Waals surface area contributed by atoms with Crippen LogP contribution in [0, 0.1) is 13.8 Å². The van der Waals surface area contributed by atoms with Crippen LogP contribution in [0.1, 0.15) is 46.0 Å². The Bertz CT molecular complexity index is 711. The zero-order valence-corrected chi connectivity index (χ0v) is 14.3. The molecule has 1 fully saturated rings. The van der Waals surface area contributed by atoms with E-state index in [1.54, 1.807) is 30.5 Å². The zero-order chi connectivity index (χ0) is 16.2. The molecule has 0 bridgehead atoms. The molecular weight excluding hydrogens is 310 g/mol. The van der Waals surface area contributed by atoms with Crippen LogP contribution in [-0.2, 0) is 0 Å². The first-order valence-electron chi connectivity index (χ1n) is 7.89. The van der Waals surface area contributed by atoms with Gasteiger partial charge in [0.15, 0.2) is 0 Å². The van der Waals surface area contributed by atoms with Crippen molar-refractivity contribution in [3.63, 3.8) is 0 Å². The summed E-state index contributed by atoms with van der Waals surface area (Å²) in [6.45, 7) is 5.86. The molecule has 122 valence electrons. The van der Waals surface area contributed by atoms with Crippen molar-refractivity contribution in [1.29, 1.82) is 0 Å². The lowest BCUT2D eigenvalue weighted by atomic mass is 10.1. The molecule has 1 aliphatic rings. The van der Waals surface area contributed by atoms with Gasteiger partial charge in [-0.3, -0.25) is 4.79 Å². The van der Waals surface area contributed by atoms with Gasteiger partial charge in [-0.1, -0.05) is 0 Å². The summed E-state index contributed by atoms with van der Waals surface area (Å²) in [5, 5.41) is 5.33. The summed E-state index contributed by atoms with van der Waals surface area (Å²) in [5.41, 5.74) is 3.08. The molecule has 6 heteroatoms. The number of thiophene rings is 1. The predicted molar refractivity (Wildman–Crippen MR) is 93.6 cm³/mol. The van der Waals surface area contributed by atoms with Crippen LogP contribution in [0.5, 0.6) is 0 Å². The van der Waals surface area contributed by atoms with Crippen molar-refractivity contribution in [2.24, 2.45) is 5.10 Å². The Morgan fingerprint density at radius 1 is 1.30 bits per heavy atom. The van der Waals surface area contributed by atoms with Gasteiger partial charge in [-0.2, -0.15) is 5.10 Å². The molecule has 23 heavy (non-hydrogen) atoms. The zero-order valence-electron chi connectivity index (χ0n) is 13.5. The van der Waals surface area contributed by atoms with E-state index in [2.05, 4.69) is 21.5 Å². The molecule has 2 aromatic rings. The fourth-order valence-corrected chi connectivity index (χ4v) is 3.70. The summed E-state index contributed by atoms with van der Waals surface area (Å²) >= 11 is 1.70. The first kappa shape index (κ1) is 15.8. The Labute approximate surface area is 140 Å². The fourth-order valence-electron chi connectivity index (χ4n) is 2.77. The Hall–Kier alpha value is -2.08. The lowest BCUT2D eigenvalue weighted by Crippen LogP contribution is -2.28. The molecule has 0 atom stereocenters. The Balaban J connectivity index is 1.59. The highest BCUT2D eigenvalue weighted by Crippen LogP contribution is 2.27. The molecule has 0 aromatic carbocycles. The van der Waals surface area contributed by atoms with E-state index in [-0.39, 0.29) is 5.91 Å². The number of nitrogens with one attached hydrogen (secondary N) is 1. The van der Waals surface area contributed by atoms with E-state index in [1.807, 2.05) is 13.0 Å². The number of hydrogen-bond acceptors (Lipinski definition) is 5. The van der Waals surface area contributed by atoms with E-state index in [0.717, 1.165) is 23.7 Å². The number of hydrogen-bond donors (Lipinski definition) is 1. The maximum atomic E-state index is 12.0. The molecule has 0 unspecified atom stereocenters. The number of anilines is 1. The summed E-state index contributed by atoms with van der Waals surface area (Å²) in [7, 11) is 0. The maximum absolute atomic E-state index is 12.0. The number of carbonyl (C=O) groups excluding carboxylic acids is 1. The van der Waals surface area contributed by atoms with E-state index in [9.17, 15) is 4.79 Å². The summed E-state index contributed by atoms with van der Waals surface area (Å²) in [6.07, 6.45) is 5.55. The minimum atomic E-state index is -0.247. The Kier molecular flexibility index (Phi) is 4.81. The molecule has 1 saturated heterocycles. The van der Waals surface area contributed by atoms with Crippen LogP contribution >= 0.6 is 11.3 Å². The second kappa shape index (κ2) is 7.00. The molecule has 1 N–H and O–H groups in total. The second-order valence-electron chi connectivity index (χ2n) is 5.75. The van der Waals surface area contributed by atoms with Crippen molar-refractivity contribution >= 4 is 28.5 Å². The summed E-state index contributed by atoms with van der Waals surface area (Å²) < 4.78 is 5.35. The lowest BCUT2D eigenvalue weighted by molar-refractivity contribution is 0.0953. The number of nitrogens with zero attached hydrogens (tertiary/aromatic N) is 2. The quantitative estimate of drug-likeness (QED) is 0.686.